The van der Waals surface area contributed by atoms with Crippen LogP contribution in [0.3, 0.4) is 0 Å². The highest BCUT2D eigenvalue weighted by molar-refractivity contribution is 6.01. The van der Waals surface area contributed by atoms with Crippen LogP contribution < -0.4 is 5.32 Å². The van der Waals surface area contributed by atoms with Gasteiger partial charge in [0, 0.05) is 37.0 Å². The first-order valence-corrected chi connectivity index (χ1v) is 14.1. The van der Waals surface area contributed by atoms with E-state index in [0.29, 0.717) is 54.5 Å². The van der Waals surface area contributed by atoms with Crippen molar-refractivity contribution in [1.82, 2.24) is 15.2 Å². The highest BCUT2D eigenvalue weighted by Gasteiger charge is 2.41. The maximum absolute atomic E-state index is 16.0. The summed E-state index contributed by atoms with van der Waals surface area (Å²) in [6, 6.07) is 15.9. The molecule has 2 N–H and O–H groups in total. The quantitative estimate of drug-likeness (QED) is 0.459. The lowest BCUT2D eigenvalue weighted by Gasteiger charge is -2.43. The maximum Gasteiger partial charge on any atom is 0.234 e. The Bertz CT molecular complexity index is 1520. The van der Waals surface area contributed by atoms with Crippen LogP contribution in [0.1, 0.15) is 79.5 Å². The van der Waals surface area contributed by atoms with Gasteiger partial charge in [-0.1, -0.05) is 30.3 Å². The number of rotatable bonds is 5. The molecule has 3 fully saturated rings. The molecule has 1 aliphatic carbocycles. The molecule has 1 saturated carbocycles. The van der Waals surface area contributed by atoms with Gasteiger partial charge in [0.25, 0.3) is 0 Å². The molecule has 40 heavy (non-hydrogen) atoms. The van der Waals surface area contributed by atoms with E-state index in [1.54, 1.807) is 31.3 Å². The second-order valence-corrected chi connectivity index (χ2v) is 12.0. The SMILES string of the molecule is CC1(O)CN(Cc2ccc(C3(C#N)CCC3)cc2)CCC1c1ccc2ncc(C3CCC(=O)NC3=O)cc2c1F. The van der Waals surface area contributed by atoms with E-state index in [0.717, 1.165) is 30.4 Å². The fraction of sp³-hybridized carbons (Fsp3) is 0.438. The molecule has 2 saturated heterocycles. The minimum absolute atomic E-state index is 0.239. The Kier molecular flexibility index (Phi) is 6.68. The Morgan fingerprint density at radius 3 is 2.60 bits per heavy atom. The number of β-amino-alcohol motifs (C(OH)–C–C–N with tert-alkyl or cyclic N) is 1. The van der Waals surface area contributed by atoms with Crippen molar-refractivity contribution >= 4 is 22.7 Å². The molecule has 2 amide bonds. The molecular weight excluding hydrogens is 507 g/mol. The van der Waals surface area contributed by atoms with Gasteiger partial charge in [0.15, 0.2) is 0 Å². The van der Waals surface area contributed by atoms with Crippen molar-refractivity contribution in [2.45, 2.75) is 74.8 Å². The van der Waals surface area contributed by atoms with Crippen molar-refractivity contribution in [3.8, 4) is 6.07 Å². The second kappa shape index (κ2) is 10.1. The van der Waals surface area contributed by atoms with Gasteiger partial charge >= 0.3 is 0 Å². The average molecular weight is 541 g/mol. The van der Waals surface area contributed by atoms with E-state index in [1.807, 2.05) is 0 Å². The monoisotopic (exact) mass is 540 g/mol. The Morgan fingerprint density at radius 2 is 1.95 bits per heavy atom. The number of hydrogen-bond acceptors (Lipinski definition) is 6. The van der Waals surface area contributed by atoms with Gasteiger partial charge in [-0.2, -0.15) is 5.26 Å². The van der Waals surface area contributed by atoms with Crippen molar-refractivity contribution in [3.63, 3.8) is 0 Å². The summed E-state index contributed by atoms with van der Waals surface area (Å²) in [4.78, 5) is 30.5. The topological polar surface area (TPSA) is 106 Å². The van der Waals surface area contributed by atoms with Crippen LogP contribution in [0, 0.1) is 17.1 Å². The Morgan fingerprint density at radius 1 is 1.18 bits per heavy atom. The standard InChI is InChI=1S/C32H33FN4O3/c1-31(40)19-37(17-20-3-5-22(6-4-20)32(18-34)12-2-13-32)14-11-26(31)24-7-9-27-25(29(24)33)15-21(16-35-27)23-8-10-28(38)36-30(23)39/h3-7,9,15-16,23,26,40H,2,8,10-14,17,19H2,1H3,(H,36,38,39). The van der Waals surface area contributed by atoms with Crippen molar-refractivity contribution in [3.05, 3.63) is 76.7 Å². The van der Waals surface area contributed by atoms with Gasteiger partial charge < -0.3 is 5.11 Å². The Balaban J connectivity index is 1.19. The summed E-state index contributed by atoms with van der Waals surface area (Å²) in [5, 5.41) is 23.8. The zero-order valence-electron chi connectivity index (χ0n) is 22.6. The Hall–Kier alpha value is -3.67. The van der Waals surface area contributed by atoms with Crippen LogP contribution in [0.15, 0.2) is 48.7 Å². The third-order valence-corrected chi connectivity index (χ3v) is 9.23. The van der Waals surface area contributed by atoms with Crippen LogP contribution in [-0.2, 0) is 21.5 Å². The molecule has 0 bridgehead atoms. The van der Waals surface area contributed by atoms with Crippen molar-refractivity contribution in [1.29, 1.82) is 5.26 Å². The van der Waals surface area contributed by atoms with Gasteiger partial charge in [-0.05, 0) is 80.0 Å². The van der Waals surface area contributed by atoms with E-state index in [4.69, 9.17) is 0 Å². The molecule has 3 aliphatic rings. The molecule has 3 heterocycles. The summed E-state index contributed by atoms with van der Waals surface area (Å²) in [5.41, 5.74) is 2.23. The van der Waals surface area contributed by atoms with Gasteiger partial charge in [0.2, 0.25) is 11.8 Å². The van der Waals surface area contributed by atoms with Crippen LogP contribution >= 0.6 is 0 Å². The molecule has 3 aromatic rings. The largest absolute Gasteiger partial charge is 0.388 e. The predicted molar refractivity (Wildman–Crippen MR) is 148 cm³/mol. The van der Waals surface area contributed by atoms with E-state index < -0.39 is 23.3 Å². The molecule has 0 spiro atoms. The van der Waals surface area contributed by atoms with E-state index in [9.17, 15) is 20.0 Å². The smallest absolute Gasteiger partial charge is 0.234 e. The second-order valence-electron chi connectivity index (χ2n) is 12.0. The number of halogens is 1. The normalized spacial score (nSPS) is 26.6. The molecule has 8 heteroatoms. The van der Waals surface area contributed by atoms with E-state index >= 15 is 4.39 Å². The minimum atomic E-state index is -1.15. The number of nitriles is 1. The number of hydrogen-bond donors (Lipinski definition) is 2. The van der Waals surface area contributed by atoms with Crippen LogP contribution in [0.4, 0.5) is 4.39 Å². The Labute approximate surface area is 233 Å². The number of benzene rings is 2. The summed E-state index contributed by atoms with van der Waals surface area (Å²) in [5.74, 6) is -2.04. The number of amides is 2. The van der Waals surface area contributed by atoms with Gasteiger partial charge in [0.05, 0.1) is 28.5 Å². The van der Waals surface area contributed by atoms with Gasteiger partial charge in [-0.15, -0.1) is 0 Å². The van der Waals surface area contributed by atoms with E-state index in [1.165, 1.54) is 0 Å². The molecule has 6 rings (SSSR count). The summed E-state index contributed by atoms with van der Waals surface area (Å²) in [6.07, 6.45) is 5.70. The van der Waals surface area contributed by atoms with Gasteiger partial charge in [-0.25, -0.2) is 4.39 Å². The number of imide groups is 1. The number of nitrogens with one attached hydrogen (secondary N) is 1. The first-order chi connectivity index (χ1) is 19.2. The number of fused-ring (bicyclic) bond motifs is 1. The highest BCUT2D eigenvalue weighted by atomic mass is 19.1. The first-order valence-electron chi connectivity index (χ1n) is 14.1. The third-order valence-electron chi connectivity index (χ3n) is 9.23. The maximum atomic E-state index is 16.0. The number of aliphatic hydroxyl groups is 1. The van der Waals surface area contributed by atoms with Crippen molar-refractivity contribution < 1.29 is 19.1 Å². The third kappa shape index (κ3) is 4.67. The number of carbonyl (C=O) groups excluding carboxylic acids is 2. The summed E-state index contributed by atoms with van der Waals surface area (Å²) < 4.78 is 16.0. The summed E-state index contributed by atoms with van der Waals surface area (Å²) >= 11 is 0. The highest BCUT2D eigenvalue weighted by Crippen LogP contribution is 2.43. The lowest BCUT2D eigenvalue weighted by molar-refractivity contribution is -0.134. The van der Waals surface area contributed by atoms with Crippen molar-refractivity contribution in [2.24, 2.45) is 0 Å². The van der Waals surface area contributed by atoms with Crippen LogP contribution in [-0.4, -0.2) is 45.5 Å². The van der Waals surface area contributed by atoms with E-state index in [2.05, 4.69) is 45.5 Å². The summed E-state index contributed by atoms with van der Waals surface area (Å²) in [6.45, 7) is 3.54. The molecule has 3 unspecified atom stereocenters. The lowest BCUT2D eigenvalue weighted by atomic mass is 9.65. The van der Waals surface area contributed by atoms with Crippen LogP contribution in [0.25, 0.3) is 10.9 Å². The fourth-order valence-corrected chi connectivity index (χ4v) is 6.74. The molecule has 3 atom stereocenters. The number of nitrogens with zero attached hydrogens (tertiary/aromatic N) is 3. The fourth-order valence-electron chi connectivity index (χ4n) is 6.74. The van der Waals surface area contributed by atoms with Gasteiger partial charge in [-0.3, -0.25) is 24.8 Å². The van der Waals surface area contributed by atoms with Crippen LogP contribution in [0.2, 0.25) is 0 Å². The molecule has 2 aromatic carbocycles. The zero-order chi connectivity index (χ0) is 28.1. The molecule has 0 radical (unpaired) electrons. The molecular formula is C32H33FN4O3. The number of pyridine rings is 1. The number of aromatic nitrogens is 1. The molecule has 1 aromatic heterocycles. The zero-order valence-corrected chi connectivity index (χ0v) is 22.6. The first kappa shape index (κ1) is 26.5. The average Bonchev–Trinajstić information content (AvgIpc) is 2.90. The summed E-state index contributed by atoms with van der Waals surface area (Å²) in [7, 11) is 0. The number of piperidine rings is 2. The predicted octanol–water partition coefficient (Wildman–Crippen LogP) is 4.58. The minimum Gasteiger partial charge on any atom is -0.388 e. The number of carbonyl (C=O) groups is 2. The molecule has 2 aliphatic heterocycles. The molecule has 206 valence electrons. The van der Waals surface area contributed by atoms with Gasteiger partial charge in [0.1, 0.15) is 5.82 Å². The number of likely N-dealkylation sites (tertiary alicyclic amines) is 1. The van der Waals surface area contributed by atoms with Crippen LogP contribution in [0.5, 0.6) is 0 Å². The molecule has 7 nitrogen and oxygen atoms in total. The van der Waals surface area contributed by atoms with E-state index in [-0.39, 0.29) is 23.7 Å². The van der Waals surface area contributed by atoms with Crippen molar-refractivity contribution in [2.75, 3.05) is 13.1 Å². The lowest BCUT2D eigenvalue weighted by Crippen LogP contribution is -2.50.